The van der Waals surface area contributed by atoms with Crippen LogP contribution in [0.25, 0.3) is 0 Å². The van der Waals surface area contributed by atoms with Crippen molar-refractivity contribution in [1.82, 2.24) is 4.57 Å². The molecular weight excluding hydrogens is 150 g/mol. The van der Waals surface area contributed by atoms with Crippen LogP contribution in [0.5, 0.6) is 0 Å². The van der Waals surface area contributed by atoms with Crippen molar-refractivity contribution in [2.75, 3.05) is 5.88 Å². The number of aryl methyl sites for hydroxylation is 1. The van der Waals surface area contributed by atoms with Crippen LogP contribution in [0.2, 0.25) is 0 Å². The van der Waals surface area contributed by atoms with E-state index in [2.05, 4.69) is 0 Å². The van der Waals surface area contributed by atoms with Crippen LogP contribution in [0.4, 0.5) is 0 Å². The Labute approximate surface area is 64.4 Å². The fourth-order valence-corrected chi connectivity index (χ4v) is 0.900. The highest BCUT2D eigenvalue weighted by molar-refractivity contribution is 6.30. The van der Waals surface area contributed by atoms with E-state index in [4.69, 9.17) is 11.6 Å². The summed E-state index contributed by atoms with van der Waals surface area (Å²) in [5.74, 6) is 0.0339. The first-order valence-corrected chi connectivity index (χ1v) is 3.48. The van der Waals surface area contributed by atoms with Crippen molar-refractivity contribution in [2.45, 2.75) is 0 Å². The number of carbonyl (C=O) groups excluding carboxylic acids is 1. The molecule has 10 heavy (non-hydrogen) atoms. The zero-order valence-corrected chi connectivity index (χ0v) is 6.43. The van der Waals surface area contributed by atoms with Crippen LogP contribution >= 0.6 is 11.6 Å². The maximum absolute atomic E-state index is 10.9. The third-order valence-electron chi connectivity index (χ3n) is 1.28. The van der Waals surface area contributed by atoms with Gasteiger partial charge in [0, 0.05) is 25.0 Å². The molecule has 54 valence electrons. The molecule has 0 aliphatic carbocycles. The Morgan fingerprint density at radius 2 is 2.50 bits per heavy atom. The summed E-state index contributed by atoms with van der Waals surface area (Å²) in [6, 6.07) is 1.75. The zero-order valence-electron chi connectivity index (χ0n) is 5.67. The average molecular weight is 158 g/mol. The number of aromatic nitrogens is 1. The number of alkyl halides is 1. The summed E-state index contributed by atoms with van der Waals surface area (Å²) in [6.07, 6.45) is 3.57. The molecule has 0 radical (unpaired) electrons. The molecule has 0 saturated heterocycles. The first-order chi connectivity index (χ1) is 4.74. The summed E-state index contributed by atoms with van der Waals surface area (Å²) >= 11 is 5.34. The molecule has 3 heteroatoms. The van der Waals surface area contributed by atoms with Crippen molar-refractivity contribution in [3.05, 3.63) is 24.0 Å². The normalized spacial score (nSPS) is 9.80. The standard InChI is InChI=1S/C7H8ClNO/c1-9-3-2-6(5-9)7(10)4-8/h2-3,5H,4H2,1H3. The lowest BCUT2D eigenvalue weighted by molar-refractivity contribution is 0.102. The third-order valence-corrected chi connectivity index (χ3v) is 1.52. The smallest absolute Gasteiger partial charge is 0.179 e. The summed E-state index contributed by atoms with van der Waals surface area (Å²) in [7, 11) is 1.87. The number of Topliss-reactive ketones (excluding diaryl/α,β-unsaturated/α-hetero) is 1. The van der Waals surface area contributed by atoms with Crippen molar-refractivity contribution in [3.63, 3.8) is 0 Å². The quantitative estimate of drug-likeness (QED) is 0.471. The first kappa shape index (κ1) is 7.35. The van der Waals surface area contributed by atoms with Crippen LogP contribution in [-0.2, 0) is 7.05 Å². The Morgan fingerprint density at radius 1 is 1.80 bits per heavy atom. The molecule has 0 amide bonds. The second-order valence-electron chi connectivity index (χ2n) is 2.12. The van der Waals surface area contributed by atoms with Crippen molar-refractivity contribution >= 4 is 17.4 Å². The number of ketones is 1. The minimum absolute atomic E-state index is 0.0257. The Bertz CT molecular complexity index is 242. The summed E-state index contributed by atoms with van der Waals surface area (Å²) in [5.41, 5.74) is 0.678. The average Bonchev–Trinajstić information content (AvgIpc) is 2.34. The monoisotopic (exact) mass is 157 g/mol. The molecule has 0 atom stereocenters. The van der Waals surface area contributed by atoms with Crippen molar-refractivity contribution < 1.29 is 4.79 Å². The highest BCUT2D eigenvalue weighted by Crippen LogP contribution is 2.01. The molecule has 1 rings (SSSR count). The summed E-state index contributed by atoms with van der Waals surface area (Å²) in [4.78, 5) is 10.9. The van der Waals surface area contributed by atoms with Gasteiger partial charge in [-0.2, -0.15) is 0 Å². The molecule has 0 fully saturated rings. The minimum atomic E-state index is -0.0257. The predicted molar refractivity (Wildman–Crippen MR) is 40.5 cm³/mol. The van der Waals surface area contributed by atoms with E-state index in [0.717, 1.165) is 0 Å². The number of halogens is 1. The van der Waals surface area contributed by atoms with E-state index in [0.29, 0.717) is 5.56 Å². The number of rotatable bonds is 2. The highest BCUT2D eigenvalue weighted by atomic mass is 35.5. The van der Waals surface area contributed by atoms with Gasteiger partial charge in [-0.15, -0.1) is 11.6 Å². The molecule has 0 aliphatic heterocycles. The Hall–Kier alpha value is -0.760. The van der Waals surface area contributed by atoms with Gasteiger partial charge >= 0.3 is 0 Å². The van der Waals surface area contributed by atoms with E-state index in [1.54, 1.807) is 12.3 Å². The van der Waals surface area contributed by atoms with E-state index >= 15 is 0 Å². The van der Waals surface area contributed by atoms with Gasteiger partial charge in [0.15, 0.2) is 5.78 Å². The van der Waals surface area contributed by atoms with Gasteiger partial charge in [0.05, 0.1) is 5.88 Å². The maximum atomic E-state index is 10.9. The maximum Gasteiger partial charge on any atom is 0.179 e. The first-order valence-electron chi connectivity index (χ1n) is 2.95. The molecule has 0 aliphatic rings. The number of hydrogen-bond acceptors (Lipinski definition) is 1. The molecule has 0 unspecified atom stereocenters. The van der Waals surface area contributed by atoms with Gasteiger partial charge in [0.2, 0.25) is 0 Å². The van der Waals surface area contributed by atoms with Crippen molar-refractivity contribution in [1.29, 1.82) is 0 Å². The van der Waals surface area contributed by atoms with Gasteiger partial charge in [-0.1, -0.05) is 0 Å². The lowest BCUT2D eigenvalue weighted by atomic mass is 10.2. The van der Waals surface area contributed by atoms with Crippen LogP contribution in [0, 0.1) is 0 Å². The van der Waals surface area contributed by atoms with Crippen molar-refractivity contribution in [2.24, 2.45) is 7.05 Å². The molecule has 1 aromatic rings. The van der Waals surface area contributed by atoms with E-state index in [9.17, 15) is 4.79 Å². The number of nitrogens with zero attached hydrogens (tertiary/aromatic N) is 1. The Morgan fingerprint density at radius 3 is 2.90 bits per heavy atom. The third kappa shape index (κ3) is 1.39. The van der Waals surface area contributed by atoms with Crippen LogP contribution < -0.4 is 0 Å². The van der Waals surface area contributed by atoms with Gasteiger partial charge in [-0.3, -0.25) is 4.79 Å². The molecule has 1 aromatic heterocycles. The van der Waals surface area contributed by atoms with Crippen LogP contribution in [0.15, 0.2) is 18.5 Å². The Balaban J connectivity index is 2.85. The van der Waals surface area contributed by atoms with Gasteiger partial charge < -0.3 is 4.57 Å². The van der Waals surface area contributed by atoms with E-state index in [1.165, 1.54) is 0 Å². The van der Waals surface area contributed by atoms with Gasteiger partial charge in [0.25, 0.3) is 0 Å². The van der Waals surface area contributed by atoms with Gasteiger partial charge in [0.1, 0.15) is 0 Å². The molecule has 1 heterocycles. The lowest BCUT2D eigenvalue weighted by Gasteiger charge is -1.87. The van der Waals surface area contributed by atoms with Crippen LogP contribution in [-0.4, -0.2) is 16.2 Å². The van der Waals surface area contributed by atoms with Crippen molar-refractivity contribution in [3.8, 4) is 0 Å². The molecule has 0 spiro atoms. The molecule has 2 nitrogen and oxygen atoms in total. The zero-order chi connectivity index (χ0) is 7.56. The van der Waals surface area contributed by atoms with Crippen LogP contribution in [0.3, 0.4) is 0 Å². The Kier molecular flexibility index (Phi) is 2.12. The molecular formula is C7H8ClNO. The van der Waals surface area contributed by atoms with Gasteiger partial charge in [-0.25, -0.2) is 0 Å². The topological polar surface area (TPSA) is 22.0 Å². The summed E-state index contributed by atoms with van der Waals surface area (Å²) in [5, 5.41) is 0. The minimum Gasteiger partial charge on any atom is -0.357 e. The van der Waals surface area contributed by atoms with E-state index < -0.39 is 0 Å². The fourth-order valence-electron chi connectivity index (χ4n) is 0.745. The molecule has 0 bridgehead atoms. The molecule has 0 aromatic carbocycles. The van der Waals surface area contributed by atoms with Crippen LogP contribution in [0.1, 0.15) is 10.4 Å². The second kappa shape index (κ2) is 2.88. The second-order valence-corrected chi connectivity index (χ2v) is 2.39. The number of hydrogen-bond donors (Lipinski definition) is 0. The van der Waals surface area contributed by atoms with Gasteiger partial charge in [-0.05, 0) is 6.07 Å². The predicted octanol–water partition coefficient (Wildman–Crippen LogP) is 1.45. The SMILES string of the molecule is Cn1ccc(C(=O)CCl)c1. The van der Waals surface area contributed by atoms with E-state index in [1.807, 2.05) is 17.8 Å². The number of carbonyl (C=O) groups is 1. The van der Waals surface area contributed by atoms with E-state index in [-0.39, 0.29) is 11.7 Å². The largest absolute Gasteiger partial charge is 0.357 e. The summed E-state index contributed by atoms with van der Waals surface area (Å²) < 4.78 is 1.82. The summed E-state index contributed by atoms with van der Waals surface area (Å²) in [6.45, 7) is 0. The molecule has 0 saturated carbocycles. The fraction of sp³-hybridized carbons (Fsp3) is 0.286. The highest BCUT2D eigenvalue weighted by Gasteiger charge is 2.03. The lowest BCUT2D eigenvalue weighted by Crippen LogP contribution is -1.97. The molecule has 0 N–H and O–H groups in total.